The van der Waals surface area contributed by atoms with Gasteiger partial charge in [-0.3, -0.25) is 9.59 Å². The van der Waals surface area contributed by atoms with Crippen molar-refractivity contribution in [3.8, 4) is 0 Å². The maximum atomic E-state index is 13.5. The Balaban J connectivity index is 2.09. The molecular weight excluding hydrogens is 451 g/mol. The average molecular weight is 477 g/mol. The summed E-state index contributed by atoms with van der Waals surface area (Å²) in [5.41, 5.74) is 0.489. The van der Waals surface area contributed by atoms with E-state index in [0.29, 0.717) is 18.6 Å². The molecule has 0 saturated carbocycles. The number of hydrogen-bond donors (Lipinski definition) is 1. The number of ether oxygens (including phenoxy) is 1. The molecule has 2 aromatic rings. The van der Waals surface area contributed by atoms with E-state index in [1.807, 2.05) is 0 Å². The van der Waals surface area contributed by atoms with E-state index in [0.717, 1.165) is 4.31 Å². The van der Waals surface area contributed by atoms with Crippen LogP contribution in [0.25, 0.3) is 5.76 Å². The summed E-state index contributed by atoms with van der Waals surface area (Å²) in [5.74, 6) is -2.57. The first-order valence-electron chi connectivity index (χ1n) is 10.2. The molecule has 8 nitrogen and oxygen atoms in total. The minimum absolute atomic E-state index is 0.0131. The Hall–Kier alpha value is -3.08. The number of methoxy groups -OCH3 is 1. The molecule has 1 fully saturated rings. The van der Waals surface area contributed by atoms with Gasteiger partial charge in [-0.15, -0.1) is 0 Å². The summed E-state index contributed by atoms with van der Waals surface area (Å²) in [6.07, 6.45) is 0.457. The molecular formula is C23H25FN2O6S. The zero-order valence-electron chi connectivity index (χ0n) is 18.5. The van der Waals surface area contributed by atoms with Crippen LogP contribution in [-0.2, 0) is 24.3 Å². The summed E-state index contributed by atoms with van der Waals surface area (Å²) in [6.45, 7) is 0.554. The van der Waals surface area contributed by atoms with Gasteiger partial charge in [0.1, 0.15) is 11.6 Å². The van der Waals surface area contributed by atoms with E-state index in [1.165, 1.54) is 74.6 Å². The highest BCUT2D eigenvalue weighted by Crippen LogP contribution is 2.39. The van der Waals surface area contributed by atoms with Gasteiger partial charge in [-0.2, -0.15) is 0 Å². The minimum atomic E-state index is -3.68. The fraction of sp³-hybridized carbons (Fsp3) is 0.304. The molecule has 1 amide bonds. The van der Waals surface area contributed by atoms with Crippen LogP contribution in [0.1, 0.15) is 23.6 Å². The first kappa shape index (κ1) is 24.6. The second-order valence-corrected chi connectivity index (χ2v) is 9.85. The highest BCUT2D eigenvalue weighted by Gasteiger charge is 2.45. The number of halogens is 1. The van der Waals surface area contributed by atoms with Crippen molar-refractivity contribution < 1.29 is 32.2 Å². The predicted molar refractivity (Wildman–Crippen MR) is 119 cm³/mol. The van der Waals surface area contributed by atoms with Crippen LogP contribution in [0.5, 0.6) is 0 Å². The Morgan fingerprint density at radius 2 is 1.70 bits per heavy atom. The van der Waals surface area contributed by atoms with Gasteiger partial charge >= 0.3 is 0 Å². The molecule has 2 aromatic carbocycles. The Morgan fingerprint density at radius 1 is 1.09 bits per heavy atom. The number of nitrogens with zero attached hydrogens (tertiary/aromatic N) is 2. The van der Waals surface area contributed by atoms with Crippen molar-refractivity contribution in [2.75, 3.05) is 34.4 Å². The van der Waals surface area contributed by atoms with Crippen LogP contribution in [0, 0.1) is 5.82 Å². The largest absolute Gasteiger partial charge is 0.507 e. The van der Waals surface area contributed by atoms with Crippen LogP contribution in [0.15, 0.2) is 59.0 Å². The summed E-state index contributed by atoms with van der Waals surface area (Å²) >= 11 is 0. The molecule has 1 atom stereocenters. The quantitative estimate of drug-likeness (QED) is 0.272. The molecule has 176 valence electrons. The fourth-order valence-corrected chi connectivity index (χ4v) is 4.53. The number of carbonyl (C=O) groups is 2. The van der Waals surface area contributed by atoms with Crippen molar-refractivity contribution in [1.82, 2.24) is 9.21 Å². The molecule has 0 aromatic heterocycles. The molecule has 1 aliphatic heterocycles. The Morgan fingerprint density at radius 3 is 2.24 bits per heavy atom. The molecule has 1 unspecified atom stereocenters. The number of sulfonamides is 1. The molecule has 3 rings (SSSR count). The normalized spacial score (nSPS) is 18.3. The number of ketones is 1. The first-order valence-corrected chi connectivity index (χ1v) is 11.6. The summed E-state index contributed by atoms with van der Waals surface area (Å²) in [6, 6.07) is 9.77. The number of likely N-dealkylation sites (tertiary alicyclic amines) is 1. The lowest BCUT2D eigenvalue weighted by atomic mass is 9.95. The van der Waals surface area contributed by atoms with E-state index in [4.69, 9.17) is 4.74 Å². The Kier molecular flexibility index (Phi) is 7.31. The predicted octanol–water partition coefficient (Wildman–Crippen LogP) is 2.53. The van der Waals surface area contributed by atoms with Crippen molar-refractivity contribution in [2.45, 2.75) is 17.4 Å². The second kappa shape index (κ2) is 9.82. The van der Waals surface area contributed by atoms with Crippen molar-refractivity contribution in [2.24, 2.45) is 0 Å². The lowest BCUT2D eigenvalue weighted by molar-refractivity contribution is -0.140. The maximum absolute atomic E-state index is 13.5. The first-order chi connectivity index (χ1) is 15.6. The van der Waals surface area contributed by atoms with Gasteiger partial charge in [0.15, 0.2) is 0 Å². The van der Waals surface area contributed by atoms with Crippen LogP contribution in [-0.4, -0.2) is 68.8 Å². The zero-order chi connectivity index (χ0) is 24.3. The lowest BCUT2D eigenvalue weighted by Gasteiger charge is -2.25. The molecule has 1 saturated heterocycles. The molecule has 33 heavy (non-hydrogen) atoms. The number of hydrogen-bond acceptors (Lipinski definition) is 6. The number of aliphatic hydroxyl groups excluding tert-OH is 1. The Bertz CT molecular complexity index is 1170. The highest BCUT2D eigenvalue weighted by atomic mass is 32.2. The highest BCUT2D eigenvalue weighted by molar-refractivity contribution is 7.89. The average Bonchev–Trinajstić information content (AvgIpc) is 3.04. The number of aliphatic hydroxyl groups is 1. The van der Waals surface area contributed by atoms with Gasteiger partial charge in [-0.25, -0.2) is 17.1 Å². The molecule has 10 heteroatoms. The SMILES string of the molecule is COCCCN1C(=O)C(=O)/C(=C(\O)c2ccc(S(=O)(=O)N(C)C)cc2)C1c1ccc(F)cc1. The lowest BCUT2D eigenvalue weighted by Crippen LogP contribution is -2.31. The monoisotopic (exact) mass is 476 g/mol. The van der Waals surface area contributed by atoms with Gasteiger partial charge in [-0.05, 0) is 48.4 Å². The van der Waals surface area contributed by atoms with Crippen LogP contribution in [0.3, 0.4) is 0 Å². The topological polar surface area (TPSA) is 104 Å². The Labute approximate surface area is 191 Å². The fourth-order valence-electron chi connectivity index (χ4n) is 3.63. The molecule has 1 N–H and O–H groups in total. The molecule has 1 heterocycles. The summed E-state index contributed by atoms with van der Waals surface area (Å²) in [5, 5.41) is 11.0. The minimum Gasteiger partial charge on any atom is -0.507 e. The van der Waals surface area contributed by atoms with E-state index in [2.05, 4.69) is 0 Å². The summed E-state index contributed by atoms with van der Waals surface area (Å²) < 4.78 is 44.2. The van der Waals surface area contributed by atoms with Gasteiger partial charge in [0.2, 0.25) is 10.0 Å². The van der Waals surface area contributed by atoms with E-state index in [9.17, 15) is 27.5 Å². The van der Waals surface area contributed by atoms with Crippen molar-refractivity contribution in [1.29, 1.82) is 0 Å². The zero-order valence-corrected chi connectivity index (χ0v) is 19.3. The van der Waals surface area contributed by atoms with Crippen molar-refractivity contribution in [3.63, 3.8) is 0 Å². The van der Waals surface area contributed by atoms with Gasteiger partial charge in [0.05, 0.1) is 16.5 Å². The van der Waals surface area contributed by atoms with Crippen molar-refractivity contribution in [3.05, 3.63) is 71.0 Å². The van der Waals surface area contributed by atoms with E-state index >= 15 is 0 Å². The summed E-state index contributed by atoms with van der Waals surface area (Å²) in [7, 11) is 0.641. The standard InChI is InChI=1S/C23H25FN2O6S/c1-25(2)33(30,31)18-11-7-16(8-12-18)21(27)19-20(15-5-9-17(24)10-6-15)26(13-4-14-32-3)23(29)22(19)28/h5-12,20,27H,4,13-14H2,1-3H3/b21-19-. The third kappa shape index (κ3) is 4.82. The number of Topliss-reactive ketones (excluding diaryl/α,β-unsaturated/α-hetero) is 1. The number of benzene rings is 2. The maximum Gasteiger partial charge on any atom is 0.295 e. The van der Waals surface area contributed by atoms with E-state index < -0.39 is 39.3 Å². The summed E-state index contributed by atoms with van der Waals surface area (Å²) in [4.78, 5) is 27.0. The van der Waals surface area contributed by atoms with Gasteiger partial charge in [-0.1, -0.05) is 12.1 Å². The number of amides is 1. The van der Waals surface area contributed by atoms with Crippen LogP contribution >= 0.6 is 0 Å². The number of carbonyl (C=O) groups excluding carboxylic acids is 2. The molecule has 0 aliphatic carbocycles. The molecule has 1 aliphatic rings. The third-order valence-corrected chi connectivity index (χ3v) is 7.21. The van der Waals surface area contributed by atoms with E-state index in [1.54, 1.807) is 0 Å². The molecule has 0 bridgehead atoms. The van der Waals surface area contributed by atoms with Crippen molar-refractivity contribution >= 4 is 27.5 Å². The second-order valence-electron chi connectivity index (χ2n) is 7.70. The van der Waals surface area contributed by atoms with Gasteiger partial charge in [0, 0.05) is 39.9 Å². The van der Waals surface area contributed by atoms with Crippen LogP contribution in [0.2, 0.25) is 0 Å². The van der Waals surface area contributed by atoms with Gasteiger partial charge in [0.25, 0.3) is 11.7 Å². The third-order valence-electron chi connectivity index (χ3n) is 5.38. The van der Waals surface area contributed by atoms with Crippen LogP contribution < -0.4 is 0 Å². The van der Waals surface area contributed by atoms with Crippen LogP contribution in [0.4, 0.5) is 4.39 Å². The van der Waals surface area contributed by atoms with E-state index in [-0.39, 0.29) is 22.6 Å². The number of rotatable bonds is 8. The smallest absolute Gasteiger partial charge is 0.295 e. The molecule has 0 radical (unpaired) electrons. The molecule has 0 spiro atoms. The van der Waals surface area contributed by atoms with Gasteiger partial charge < -0.3 is 14.7 Å².